The number of alkyl halides is 1. The average molecular weight is 982 g/mol. The van der Waals surface area contributed by atoms with E-state index in [2.05, 4.69) is 31.2 Å². The van der Waals surface area contributed by atoms with Crippen molar-refractivity contribution in [2.75, 3.05) is 19.6 Å². The molecule has 3 aromatic carbocycles. The zero-order valence-corrected chi connectivity index (χ0v) is 41.9. The van der Waals surface area contributed by atoms with Crippen molar-refractivity contribution in [2.24, 2.45) is 5.41 Å². The second kappa shape index (κ2) is 21.8. The first-order valence-electron chi connectivity index (χ1n) is 24.2. The Morgan fingerprint density at radius 2 is 1.69 bits per heavy atom. The first-order valence-corrected chi connectivity index (χ1v) is 25.1. The number of aromatic nitrogens is 2. The number of nitrogens with one attached hydrogen (secondary N) is 5. The Morgan fingerprint density at radius 1 is 0.986 bits per heavy atom. The van der Waals surface area contributed by atoms with Crippen LogP contribution >= 0.6 is 11.3 Å². The summed E-state index contributed by atoms with van der Waals surface area (Å²) in [5.74, 6) is -3.45. The minimum atomic E-state index is -1.74. The smallest absolute Gasteiger partial charge is 0.248 e. The lowest BCUT2D eigenvalue weighted by Crippen LogP contribution is -2.66. The van der Waals surface area contributed by atoms with E-state index >= 15 is 13.2 Å². The van der Waals surface area contributed by atoms with Crippen LogP contribution in [0.5, 0.6) is 0 Å². The van der Waals surface area contributed by atoms with Gasteiger partial charge in [-0.3, -0.25) is 29.4 Å². The molecule has 2 aromatic heterocycles. The molecule has 0 bridgehead atoms. The van der Waals surface area contributed by atoms with E-state index in [1.807, 2.05) is 88.0 Å². The van der Waals surface area contributed by atoms with E-state index in [0.717, 1.165) is 38.2 Å². The maximum atomic E-state index is 16.1. The van der Waals surface area contributed by atoms with E-state index in [1.54, 1.807) is 16.8 Å². The summed E-state index contributed by atoms with van der Waals surface area (Å²) in [7, 11) is 0. The minimum absolute atomic E-state index is 0.0363. The van der Waals surface area contributed by atoms with E-state index in [9.17, 15) is 24.3 Å². The van der Waals surface area contributed by atoms with Crippen molar-refractivity contribution in [1.29, 1.82) is 0 Å². The number of unbranched alkanes of at least 4 members (excludes halogenated alkanes) is 3. The Kier molecular flexibility index (Phi) is 16.2. The van der Waals surface area contributed by atoms with Gasteiger partial charge in [0.2, 0.25) is 17.7 Å². The molecule has 0 spiro atoms. The lowest BCUT2D eigenvalue weighted by atomic mass is 9.76. The summed E-state index contributed by atoms with van der Waals surface area (Å²) in [6, 6.07) is 15.7. The number of rotatable bonds is 19. The van der Waals surface area contributed by atoms with E-state index in [-0.39, 0.29) is 55.6 Å². The number of para-hydroxylation sites is 1. The van der Waals surface area contributed by atoms with Crippen LogP contribution in [0.15, 0.2) is 72.3 Å². The summed E-state index contributed by atoms with van der Waals surface area (Å²) in [5, 5.41) is 23.1. The monoisotopic (exact) mass is 981 g/mol. The Bertz CT molecular complexity index is 2700. The number of aromatic amines is 1. The van der Waals surface area contributed by atoms with Crippen LogP contribution in [-0.2, 0) is 32.1 Å². The Morgan fingerprint density at radius 3 is 2.33 bits per heavy atom. The van der Waals surface area contributed by atoms with Gasteiger partial charge in [0.15, 0.2) is 11.3 Å². The van der Waals surface area contributed by atoms with Gasteiger partial charge in [-0.15, -0.1) is 11.3 Å². The van der Waals surface area contributed by atoms with E-state index < -0.39 is 64.0 Å². The number of benzene rings is 3. The summed E-state index contributed by atoms with van der Waals surface area (Å²) >= 11 is 1.55. The van der Waals surface area contributed by atoms with Gasteiger partial charge >= 0.3 is 0 Å². The number of amides is 3. The molecule has 5 atom stereocenters. The van der Waals surface area contributed by atoms with Crippen molar-refractivity contribution < 1.29 is 37.5 Å². The van der Waals surface area contributed by atoms with Gasteiger partial charge in [0, 0.05) is 73.3 Å². The number of aliphatic hydroxyl groups excluding tert-OH is 1. The highest BCUT2D eigenvalue weighted by Crippen LogP contribution is 2.43. The number of thiazole rings is 1. The Labute approximate surface area is 412 Å². The molecule has 3 amide bonds. The van der Waals surface area contributed by atoms with E-state index in [1.165, 1.54) is 38.1 Å². The van der Waals surface area contributed by atoms with Crippen LogP contribution in [0.4, 0.5) is 13.2 Å². The summed E-state index contributed by atoms with van der Waals surface area (Å²) in [5.41, 5.74) is 2.88. The zero-order valence-electron chi connectivity index (χ0n) is 41.1. The summed E-state index contributed by atoms with van der Waals surface area (Å²) < 4.78 is 47.4. The largest absolute Gasteiger partial charge is 0.392 e. The molecule has 2 aliphatic rings. The molecule has 6 N–H and O–H groups in total. The second-order valence-corrected chi connectivity index (χ2v) is 21.5. The Balaban J connectivity index is 0.879. The van der Waals surface area contributed by atoms with E-state index in [0.29, 0.717) is 44.3 Å². The number of aryl methyl sites for hydroxylation is 1. The molecule has 0 aliphatic carbocycles. The number of ketones is 1. The third-order valence-electron chi connectivity index (χ3n) is 13.3. The van der Waals surface area contributed by atoms with Crippen LogP contribution in [-0.4, -0.2) is 92.5 Å². The van der Waals surface area contributed by atoms with Gasteiger partial charge in [-0.2, -0.15) is 0 Å². The molecule has 4 heterocycles. The van der Waals surface area contributed by atoms with Crippen molar-refractivity contribution in [3.05, 3.63) is 118 Å². The highest BCUT2D eigenvalue weighted by Gasteiger charge is 2.55. The molecule has 374 valence electrons. The molecule has 16 heteroatoms. The van der Waals surface area contributed by atoms with E-state index in [4.69, 9.17) is 0 Å². The molecule has 1 saturated heterocycles. The van der Waals surface area contributed by atoms with Crippen LogP contribution in [0, 0.1) is 24.0 Å². The van der Waals surface area contributed by atoms with Crippen LogP contribution in [0.2, 0.25) is 0 Å². The summed E-state index contributed by atoms with van der Waals surface area (Å²) in [6.07, 6.45) is 4.75. The van der Waals surface area contributed by atoms with Crippen LogP contribution in [0.25, 0.3) is 27.4 Å². The SMILES string of the molecule is Cc1ncsc1-c1ccc(CNC(=O)[C@@]2(C(=O)C(NC(=O)CCCCCCNC(=O)/C=C/c3cc(F)c([C@@H]4c5[nH]c6ccccc6c5C[C@@H](C)N4CC(C)(C)F)c(F)c3)C(C)(C)C)CC(O)CN2)cc1. The molecule has 0 radical (unpaired) electrons. The zero-order chi connectivity index (χ0) is 50.5. The maximum absolute atomic E-state index is 16.1. The molecule has 70 heavy (non-hydrogen) atoms. The summed E-state index contributed by atoms with van der Waals surface area (Å²) in [6.45, 7) is 12.8. The number of nitrogens with zero attached hydrogens (tertiary/aromatic N) is 2. The molecular weight excluding hydrogens is 916 g/mol. The van der Waals surface area contributed by atoms with Gasteiger partial charge in [0.1, 0.15) is 17.3 Å². The third-order valence-corrected chi connectivity index (χ3v) is 14.3. The highest BCUT2D eigenvalue weighted by molar-refractivity contribution is 7.13. The quantitative estimate of drug-likeness (QED) is 0.0272. The topological polar surface area (TPSA) is 169 Å². The number of carbonyl (C=O) groups is 4. The Hall–Kier alpha value is -5.68. The van der Waals surface area contributed by atoms with Crippen LogP contribution < -0.4 is 21.3 Å². The van der Waals surface area contributed by atoms with Crippen molar-refractivity contribution in [2.45, 2.75) is 135 Å². The molecule has 2 aliphatic heterocycles. The highest BCUT2D eigenvalue weighted by atomic mass is 32.1. The molecular formula is C54H66F3N7O5S. The summed E-state index contributed by atoms with van der Waals surface area (Å²) in [4.78, 5) is 64.9. The predicted molar refractivity (Wildman–Crippen MR) is 269 cm³/mol. The number of β-amino-alcohol motifs (C(OH)–C–C–N with tert-alkyl or cyclic N) is 1. The average Bonchev–Trinajstić information content (AvgIpc) is 4.03. The predicted octanol–water partition coefficient (Wildman–Crippen LogP) is 8.55. The number of carbonyl (C=O) groups excluding carboxylic acids is 4. The first-order chi connectivity index (χ1) is 33.1. The number of hydrogen-bond acceptors (Lipinski definition) is 9. The van der Waals surface area contributed by atoms with Gasteiger partial charge in [-0.05, 0) is 98.9 Å². The number of Topliss-reactive ketones (excluding diaryl/α,β-unsaturated/α-hetero) is 1. The van der Waals surface area contributed by atoms with Crippen molar-refractivity contribution in [1.82, 2.24) is 36.1 Å². The van der Waals surface area contributed by atoms with Crippen molar-refractivity contribution in [3.8, 4) is 10.4 Å². The maximum Gasteiger partial charge on any atom is 0.248 e. The van der Waals surface area contributed by atoms with Crippen LogP contribution in [0.1, 0.15) is 120 Å². The van der Waals surface area contributed by atoms with Gasteiger partial charge in [-0.25, -0.2) is 18.2 Å². The number of aliphatic hydroxyl groups is 1. The standard InChI is InChI=1S/C54H66F3N7O5S/c1-32-24-39-38-14-11-12-15-42(38)62-46(39)47(64(32)30-53(6,7)57)45-40(55)25-35(26-41(45)56)19-22-43(66)58-23-13-9-8-10-16-44(67)63-49(52(3,4)5)50(68)54(27-37(65)29-61-54)51(69)59-28-34-17-20-36(21-18-34)48-33(2)60-31-70-48/h11-12,14-15,17-22,25-26,31-32,37,47,49,61-62,65H,8-10,13,16,23-24,27-30H2,1-7H3,(H,58,66)(H,59,69)(H,63,67)/b22-19+/t32-,37?,47-,49?,54+/m1/s1. The van der Waals surface area contributed by atoms with Crippen molar-refractivity contribution >= 4 is 51.8 Å². The molecule has 0 saturated carbocycles. The number of halogens is 3. The molecule has 1 fully saturated rings. The fourth-order valence-electron chi connectivity index (χ4n) is 9.77. The van der Waals surface area contributed by atoms with Gasteiger partial charge < -0.3 is 26.0 Å². The first kappa shape index (κ1) is 52.2. The minimum Gasteiger partial charge on any atom is -0.392 e. The van der Waals surface area contributed by atoms with Gasteiger partial charge in [-0.1, -0.05) is 76.1 Å². The lowest BCUT2D eigenvalue weighted by molar-refractivity contribution is -0.142. The third kappa shape index (κ3) is 12.1. The molecule has 12 nitrogen and oxygen atoms in total. The second-order valence-electron chi connectivity index (χ2n) is 20.6. The lowest BCUT2D eigenvalue weighted by Gasteiger charge is -2.43. The molecule has 7 rings (SSSR count). The normalized spacial score (nSPS) is 20.1. The fourth-order valence-corrected chi connectivity index (χ4v) is 10.6. The van der Waals surface area contributed by atoms with Gasteiger partial charge in [0.25, 0.3) is 0 Å². The van der Waals surface area contributed by atoms with Gasteiger partial charge in [0.05, 0.1) is 34.3 Å². The number of fused-ring (bicyclic) bond motifs is 3. The molecule has 2 unspecified atom stereocenters. The fraction of sp³-hybridized carbons (Fsp3) is 0.463. The van der Waals surface area contributed by atoms with Crippen LogP contribution in [0.3, 0.4) is 0 Å². The number of hydrogen-bond donors (Lipinski definition) is 6. The van der Waals surface area contributed by atoms with Crippen molar-refractivity contribution in [3.63, 3.8) is 0 Å². The number of H-pyrrole nitrogens is 1. The molecule has 5 aromatic rings.